The van der Waals surface area contributed by atoms with E-state index in [-0.39, 0.29) is 24.3 Å². The highest BCUT2D eigenvalue weighted by Gasteiger charge is 2.27. The second kappa shape index (κ2) is 7.34. The van der Waals surface area contributed by atoms with Crippen LogP contribution in [0.5, 0.6) is 0 Å². The highest BCUT2D eigenvalue weighted by Crippen LogP contribution is 2.32. The molecule has 0 bridgehead atoms. The lowest BCUT2D eigenvalue weighted by Crippen LogP contribution is -2.35. The Morgan fingerprint density at radius 2 is 1.80 bits per heavy atom. The highest BCUT2D eigenvalue weighted by molar-refractivity contribution is 5.81. The molecule has 1 aliphatic rings. The van der Waals surface area contributed by atoms with Gasteiger partial charge < -0.3 is 10.2 Å². The summed E-state index contributed by atoms with van der Waals surface area (Å²) in [6, 6.07) is 15.7. The van der Waals surface area contributed by atoms with E-state index in [1.54, 1.807) is 11.1 Å². The molecule has 2 aromatic carbocycles. The molecule has 0 spiro atoms. The van der Waals surface area contributed by atoms with Crippen molar-refractivity contribution in [3.8, 4) is 0 Å². The minimum atomic E-state index is -0.267. The number of rotatable bonds is 4. The molecule has 1 atom stereocenters. The minimum absolute atomic E-state index is 0.0675. The number of fused-ring (bicyclic) bond motifs is 1. The van der Waals surface area contributed by atoms with E-state index in [0.717, 1.165) is 16.7 Å². The van der Waals surface area contributed by atoms with Gasteiger partial charge in [0.1, 0.15) is 0 Å². The maximum absolute atomic E-state index is 12.5. The maximum Gasteiger partial charge on any atom is 0.223 e. The van der Waals surface area contributed by atoms with E-state index in [1.807, 2.05) is 61.5 Å². The predicted octanol–water partition coefficient (Wildman–Crippen LogP) is 3.58. The van der Waals surface area contributed by atoms with E-state index in [9.17, 15) is 9.59 Å². The van der Waals surface area contributed by atoms with Gasteiger partial charge in [0.25, 0.3) is 0 Å². The monoisotopic (exact) mass is 334 g/mol. The van der Waals surface area contributed by atoms with Crippen molar-refractivity contribution >= 4 is 17.9 Å². The van der Waals surface area contributed by atoms with Gasteiger partial charge in [-0.2, -0.15) is 0 Å². The Kier molecular flexibility index (Phi) is 4.98. The SMILES string of the molecule is CC(=O)N1C=Cc2ccccc2C1CC(=O)NCc1ccc(C)cc1. The standard InChI is InChI=1S/C21H22N2O2/c1-15-7-9-17(10-8-15)14-22-21(25)13-20-19-6-4-3-5-18(19)11-12-23(20)16(2)24/h3-12,20H,13-14H2,1-2H3,(H,22,25). The van der Waals surface area contributed by atoms with Crippen molar-refractivity contribution < 1.29 is 9.59 Å². The van der Waals surface area contributed by atoms with Crippen molar-refractivity contribution in [3.05, 3.63) is 77.0 Å². The van der Waals surface area contributed by atoms with Gasteiger partial charge in [0.05, 0.1) is 12.5 Å². The summed E-state index contributed by atoms with van der Waals surface area (Å²) in [5, 5.41) is 2.96. The topological polar surface area (TPSA) is 49.4 Å². The summed E-state index contributed by atoms with van der Waals surface area (Å²) in [5.41, 5.74) is 4.31. The molecule has 0 saturated heterocycles. The number of nitrogens with one attached hydrogen (secondary N) is 1. The largest absolute Gasteiger partial charge is 0.352 e. The number of aryl methyl sites for hydroxylation is 1. The van der Waals surface area contributed by atoms with E-state index in [4.69, 9.17) is 0 Å². The molecule has 1 N–H and O–H groups in total. The molecule has 4 nitrogen and oxygen atoms in total. The normalized spacial score (nSPS) is 15.6. The van der Waals surface area contributed by atoms with Crippen LogP contribution in [-0.4, -0.2) is 16.7 Å². The van der Waals surface area contributed by atoms with Gasteiger partial charge in [-0.25, -0.2) is 0 Å². The third-order valence-corrected chi connectivity index (χ3v) is 4.46. The smallest absolute Gasteiger partial charge is 0.223 e. The number of nitrogens with zero attached hydrogens (tertiary/aromatic N) is 1. The number of hydrogen-bond donors (Lipinski definition) is 1. The zero-order valence-electron chi connectivity index (χ0n) is 14.5. The summed E-state index contributed by atoms with van der Waals surface area (Å²) in [6.07, 6.45) is 3.92. The summed E-state index contributed by atoms with van der Waals surface area (Å²) in [4.78, 5) is 26.0. The average Bonchev–Trinajstić information content (AvgIpc) is 2.61. The number of hydrogen-bond acceptors (Lipinski definition) is 2. The Bertz CT molecular complexity index is 809. The van der Waals surface area contributed by atoms with Crippen molar-refractivity contribution in [2.75, 3.05) is 0 Å². The van der Waals surface area contributed by atoms with Crippen molar-refractivity contribution in [1.29, 1.82) is 0 Å². The first kappa shape index (κ1) is 17.0. The van der Waals surface area contributed by atoms with Crippen molar-refractivity contribution in [2.24, 2.45) is 0 Å². The zero-order valence-corrected chi connectivity index (χ0v) is 14.5. The molecule has 0 radical (unpaired) electrons. The summed E-state index contributed by atoms with van der Waals surface area (Å²) in [5.74, 6) is -0.135. The van der Waals surface area contributed by atoms with Crippen LogP contribution in [0.4, 0.5) is 0 Å². The van der Waals surface area contributed by atoms with Gasteiger partial charge in [-0.3, -0.25) is 9.59 Å². The highest BCUT2D eigenvalue weighted by atomic mass is 16.2. The van der Waals surface area contributed by atoms with Gasteiger partial charge in [0.15, 0.2) is 0 Å². The van der Waals surface area contributed by atoms with Gasteiger partial charge in [-0.15, -0.1) is 0 Å². The van der Waals surface area contributed by atoms with Crippen LogP contribution in [0.2, 0.25) is 0 Å². The average molecular weight is 334 g/mol. The molecule has 0 saturated carbocycles. The first-order chi connectivity index (χ1) is 12.0. The van der Waals surface area contributed by atoms with Crippen LogP contribution in [0.15, 0.2) is 54.7 Å². The molecule has 3 rings (SSSR count). The number of amides is 2. The van der Waals surface area contributed by atoms with Crippen molar-refractivity contribution in [1.82, 2.24) is 10.2 Å². The third-order valence-electron chi connectivity index (χ3n) is 4.46. The van der Waals surface area contributed by atoms with E-state index in [1.165, 1.54) is 12.5 Å². The number of benzene rings is 2. The second-order valence-electron chi connectivity index (χ2n) is 6.35. The molecular formula is C21H22N2O2. The van der Waals surface area contributed by atoms with Crippen molar-refractivity contribution in [3.63, 3.8) is 0 Å². The Balaban J connectivity index is 1.70. The lowest BCUT2D eigenvalue weighted by atomic mass is 9.93. The molecule has 4 heteroatoms. The molecule has 1 aliphatic heterocycles. The van der Waals surface area contributed by atoms with Crippen molar-refractivity contribution in [2.45, 2.75) is 32.9 Å². The van der Waals surface area contributed by atoms with Crippen LogP contribution in [0, 0.1) is 6.92 Å². The molecule has 2 aromatic rings. The van der Waals surface area contributed by atoms with Gasteiger partial charge in [-0.05, 0) is 29.7 Å². The van der Waals surface area contributed by atoms with Crippen LogP contribution in [0.1, 0.15) is 41.6 Å². The Morgan fingerprint density at radius 3 is 2.52 bits per heavy atom. The van der Waals surface area contributed by atoms with Gasteiger partial charge >= 0.3 is 0 Å². The summed E-state index contributed by atoms with van der Waals surface area (Å²) in [7, 11) is 0. The maximum atomic E-state index is 12.5. The molecule has 1 unspecified atom stereocenters. The Hall–Kier alpha value is -2.88. The van der Waals surface area contributed by atoms with Crippen LogP contribution >= 0.6 is 0 Å². The van der Waals surface area contributed by atoms with E-state index in [0.29, 0.717) is 6.54 Å². The summed E-state index contributed by atoms with van der Waals surface area (Å²) < 4.78 is 0. The van der Waals surface area contributed by atoms with E-state index in [2.05, 4.69) is 5.32 Å². The van der Waals surface area contributed by atoms with Crippen LogP contribution < -0.4 is 5.32 Å². The Labute approximate surface area is 148 Å². The summed E-state index contributed by atoms with van der Waals surface area (Å²) in [6.45, 7) is 4.05. The molecule has 0 aromatic heterocycles. The fourth-order valence-electron chi connectivity index (χ4n) is 3.07. The Morgan fingerprint density at radius 1 is 1.08 bits per heavy atom. The van der Waals surface area contributed by atoms with E-state index < -0.39 is 0 Å². The fraction of sp³-hybridized carbons (Fsp3) is 0.238. The first-order valence-electron chi connectivity index (χ1n) is 8.43. The van der Waals surface area contributed by atoms with Gasteiger partial charge in [0, 0.05) is 19.7 Å². The third kappa shape index (κ3) is 3.97. The number of carbonyl (C=O) groups excluding carboxylic acids is 2. The minimum Gasteiger partial charge on any atom is -0.352 e. The van der Waals surface area contributed by atoms with Crippen LogP contribution in [-0.2, 0) is 16.1 Å². The quantitative estimate of drug-likeness (QED) is 0.929. The molecule has 128 valence electrons. The molecule has 0 fully saturated rings. The first-order valence-corrected chi connectivity index (χ1v) is 8.43. The molecule has 0 aliphatic carbocycles. The zero-order chi connectivity index (χ0) is 17.8. The molecular weight excluding hydrogens is 312 g/mol. The summed E-state index contributed by atoms with van der Waals surface area (Å²) >= 11 is 0. The molecule has 1 heterocycles. The van der Waals surface area contributed by atoms with Gasteiger partial charge in [-0.1, -0.05) is 54.1 Å². The van der Waals surface area contributed by atoms with Crippen LogP contribution in [0.3, 0.4) is 0 Å². The number of carbonyl (C=O) groups is 2. The van der Waals surface area contributed by atoms with E-state index >= 15 is 0 Å². The van der Waals surface area contributed by atoms with Crippen LogP contribution in [0.25, 0.3) is 6.08 Å². The lowest BCUT2D eigenvalue weighted by molar-refractivity contribution is -0.130. The fourth-order valence-corrected chi connectivity index (χ4v) is 3.07. The van der Waals surface area contributed by atoms with Gasteiger partial charge in [0.2, 0.25) is 11.8 Å². The molecule has 2 amide bonds. The predicted molar refractivity (Wildman–Crippen MR) is 98.4 cm³/mol. The molecule has 25 heavy (non-hydrogen) atoms. The second-order valence-corrected chi connectivity index (χ2v) is 6.35. The lowest BCUT2D eigenvalue weighted by Gasteiger charge is -2.32.